The van der Waals surface area contributed by atoms with Crippen molar-refractivity contribution < 1.29 is 25.0 Å². The van der Waals surface area contributed by atoms with Crippen LogP contribution in [-0.4, -0.2) is 46.6 Å². The number of aliphatic hydroxyl groups excluding tert-OH is 3. The van der Waals surface area contributed by atoms with Crippen LogP contribution in [0.3, 0.4) is 0 Å². The largest absolute Gasteiger partial charge is 0.394 e. The molecule has 0 aromatic heterocycles. The van der Waals surface area contributed by atoms with Crippen molar-refractivity contribution in [1.82, 2.24) is 5.48 Å². The second kappa shape index (κ2) is 10.4. The molecule has 4 rings (SSSR count). The van der Waals surface area contributed by atoms with Crippen LogP contribution in [0.5, 0.6) is 0 Å². The molecule has 196 valence electrons. The Morgan fingerprint density at radius 1 is 1.06 bits per heavy atom. The number of carbonyl (C=O) groups excluding carboxylic acids is 1. The van der Waals surface area contributed by atoms with Gasteiger partial charge in [0, 0.05) is 6.42 Å². The minimum absolute atomic E-state index is 0.105. The maximum atomic E-state index is 12.1. The standard InChI is InChI=1S/C28H49NO5/c1-5-19-23-16-18(31)10-12-28(23,4)22-11-13-27(3)20(7-8-21(27)25(22)26(19)33)17(2)6-9-24(32)29-34-15-14-30/h17-23,25-26,30-31,33H,5-16H2,1-4H3,(H,29,32)/t17-,18-,19-,20?,21?,22?,23+,25?,26?,27-,28-/m1/s1. The maximum absolute atomic E-state index is 12.1. The van der Waals surface area contributed by atoms with E-state index in [1.807, 2.05) is 0 Å². The molecule has 1 amide bonds. The van der Waals surface area contributed by atoms with E-state index in [1.54, 1.807) is 0 Å². The fourth-order valence-electron chi connectivity index (χ4n) is 9.72. The number of aliphatic hydroxyl groups is 3. The van der Waals surface area contributed by atoms with Gasteiger partial charge in [0.25, 0.3) is 0 Å². The first-order chi connectivity index (χ1) is 16.2. The van der Waals surface area contributed by atoms with E-state index >= 15 is 0 Å². The monoisotopic (exact) mass is 479 g/mol. The van der Waals surface area contributed by atoms with Gasteiger partial charge in [-0.3, -0.25) is 9.63 Å². The quantitative estimate of drug-likeness (QED) is 0.311. The molecule has 11 atom stereocenters. The molecule has 4 N–H and O–H groups in total. The smallest absolute Gasteiger partial charge is 0.243 e. The van der Waals surface area contributed by atoms with E-state index < -0.39 is 0 Å². The first-order valence-electron chi connectivity index (χ1n) is 14.0. The number of rotatable bonds is 8. The zero-order chi connectivity index (χ0) is 24.7. The Kier molecular flexibility index (Phi) is 8.03. The van der Waals surface area contributed by atoms with Crippen molar-refractivity contribution in [2.24, 2.45) is 52.3 Å². The van der Waals surface area contributed by atoms with Crippen LogP contribution >= 0.6 is 0 Å². The third kappa shape index (κ3) is 4.46. The zero-order valence-corrected chi connectivity index (χ0v) is 21.8. The molecule has 4 aliphatic rings. The summed E-state index contributed by atoms with van der Waals surface area (Å²) in [5.41, 5.74) is 2.89. The number of fused-ring (bicyclic) bond motifs is 5. The lowest BCUT2D eigenvalue weighted by atomic mass is 9.41. The van der Waals surface area contributed by atoms with Crippen LogP contribution in [-0.2, 0) is 9.63 Å². The van der Waals surface area contributed by atoms with Gasteiger partial charge in [0.2, 0.25) is 5.91 Å². The Morgan fingerprint density at radius 3 is 2.47 bits per heavy atom. The van der Waals surface area contributed by atoms with E-state index in [2.05, 4.69) is 33.2 Å². The first kappa shape index (κ1) is 26.4. The van der Waals surface area contributed by atoms with E-state index in [1.165, 1.54) is 25.7 Å². The van der Waals surface area contributed by atoms with Gasteiger partial charge >= 0.3 is 0 Å². The molecule has 5 unspecified atom stereocenters. The van der Waals surface area contributed by atoms with Crippen LogP contribution in [0.4, 0.5) is 0 Å². The predicted molar refractivity (Wildman–Crippen MR) is 131 cm³/mol. The van der Waals surface area contributed by atoms with Crippen LogP contribution in [0, 0.1) is 52.3 Å². The van der Waals surface area contributed by atoms with Gasteiger partial charge in [-0.15, -0.1) is 0 Å². The van der Waals surface area contributed by atoms with Gasteiger partial charge in [-0.25, -0.2) is 5.48 Å². The van der Waals surface area contributed by atoms with Crippen molar-refractivity contribution in [3.63, 3.8) is 0 Å². The molecule has 4 saturated carbocycles. The van der Waals surface area contributed by atoms with Gasteiger partial charge in [0.15, 0.2) is 0 Å². The van der Waals surface area contributed by atoms with Gasteiger partial charge in [0.1, 0.15) is 0 Å². The van der Waals surface area contributed by atoms with Crippen molar-refractivity contribution in [2.75, 3.05) is 13.2 Å². The fourth-order valence-corrected chi connectivity index (χ4v) is 9.72. The van der Waals surface area contributed by atoms with Crippen LogP contribution in [0.2, 0.25) is 0 Å². The van der Waals surface area contributed by atoms with Crippen LogP contribution in [0.25, 0.3) is 0 Å². The van der Waals surface area contributed by atoms with E-state index in [-0.39, 0.29) is 42.2 Å². The second-order valence-corrected chi connectivity index (χ2v) is 12.7. The summed E-state index contributed by atoms with van der Waals surface area (Å²) in [5, 5.41) is 31.1. The minimum atomic E-state index is -0.258. The molecule has 34 heavy (non-hydrogen) atoms. The van der Waals surface area contributed by atoms with E-state index in [4.69, 9.17) is 9.94 Å². The van der Waals surface area contributed by atoms with Gasteiger partial charge in [0.05, 0.1) is 25.4 Å². The van der Waals surface area contributed by atoms with Crippen molar-refractivity contribution in [2.45, 2.75) is 104 Å². The molecule has 0 aromatic rings. The molecule has 4 fully saturated rings. The molecule has 0 heterocycles. The summed E-state index contributed by atoms with van der Waals surface area (Å²) in [6.45, 7) is 9.52. The van der Waals surface area contributed by atoms with E-state index in [0.717, 1.165) is 32.1 Å². The fraction of sp³-hybridized carbons (Fsp3) is 0.964. The summed E-state index contributed by atoms with van der Waals surface area (Å²) in [6, 6.07) is 0. The molecule has 0 aliphatic heterocycles. The highest BCUT2D eigenvalue weighted by Crippen LogP contribution is 2.69. The van der Waals surface area contributed by atoms with Crippen LogP contribution in [0.15, 0.2) is 0 Å². The third-order valence-electron chi connectivity index (χ3n) is 11.4. The molecule has 6 heteroatoms. The molecular formula is C28H49NO5. The number of hydrogen-bond donors (Lipinski definition) is 4. The Bertz CT molecular complexity index is 717. The van der Waals surface area contributed by atoms with Gasteiger partial charge < -0.3 is 15.3 Å². The minimum Gasteiger partial charge on any atom is -0.394 e. The molecule has 0 saturated heterocycles. The third-order valence-corrected chi connectivity index (χ3v) is 11.4. The molecular weight excluding hydrogens is 430 g/mol. The summed E-state index contributed by atoms with van der Waals surface area (Å²) in [6.07, 6.45) is 9.47. The van der Waals surface area contributed by atoms with Gasteiger partial charge in [-0.05, 0) is 104 Å². The maximum Gasteiger partial charge on any atom is 0.243 e. The summed E-state index contributed by atoms with van der Waals surface area (Å²) in [7, 11) is 0. The number of hydroxylamine groups is 1. The Morgan fingerprint density at radius 2 is 1.76 bits per heavy atom. The summed E-state index contributed by atoms with van der Waals surface area (Å²) < 4.78 is 0. The lowest BCUT2D eigenvalue weighted by molar-refractivity contribution is -0.203. The number of carbonyl (C=O) groups is 1. The van der Waals surface area contributed by atoms with Crippen LogP contribution < -0.4 is 5.48 Å². The number of amides is 1. The van der Waals surface area contributed by atoms with Gasteiger partial charge in [-0.2, -0.15) is 0 Å². The topological polar surface area (TPSA) is 99.0 Å². The average Bonchev–Trinajstić information content (AvgIpc) is 3.16. The average molecular weight is 480 g/mol. The number of hydrogen-bond acceptors (Lipinski definition) is 5. The zero-order valence-electron chi connectivity index (χ0n) is 21.8. The molecule has 0 aromatic carbocycles. The van der Waals surface area contributed by atoms with Crippen molar-refractivity contribution in [3.8, 4) is 0 Å². The molecule has 0 bridgehead atoms. The Balaban J connectivity index is 1.48. The van der Waals surface area contributed by atoms with Crippen molar-refractivity contribution in [3.05, 3.63) is 0 Å². The summed E-state index contributed by atoms with van der Waals surface area (Å²) in [4.78, 5) is 17.1. The molecule has 6 nitrogen and oxygen atoms in total. The molecule has 0 spiro atoms. The molecule has 4 aliphatic carbocycles. The lowest BCUT2D eigenvalue weighted by Gasteiger charge is -2.64. The van der Waals surface area contributed by atoms with Crippen molar-refractivity contribution in [1.29, 1.82) is 0 Å². The predicted octanol–water partition coefficient (Wildman–Crippen LogP) is 4.07. The highest BCUT2D eigenvalue weighted by atomic mass is 16.7. The highest BCUT2D eigenvalue weighted by molar-refractivity contribution is 5.74. The van der Waals surface area contributed by atoms with Crippen molar-refractivity contribution >= 4 is 5.91 Å². The summed E-state index contributed by atoms with van der Waals surface area (Å²) >= 11 is 0. The van der Waals surface area contributed by atoms with Crippen LogP contribution in [0.1, 0.15) is 91.9 Å². The molecule has 0 radical (unpaired) electrons. The summed E-state index contributed by atoms with van der Waals surface area (Å²) in [5.74, 6) is 3.12. The normalized spacial score (nSPS) is 46.8. The first-order valence-corrected chi connectivity index (χ1v) is 14.0. The van der Waals surface area contributed by atoms with Gasteiger partial charge in [-0.1, -0.05) is 34.1 Å². The lowest BCUT2D eigenvalue weighted by Crippen LogP contribution is -2.62. The number of nitrogens with one attached hydrogen (secondary N) is 1. The second-order valence-electron chi connectivity index (χ2n) is 12.7. The Hall–Kier alpha value is -0.690. The Labute approximate surface area is 206 Å². The van der Waals surface area contributed by atoms with E-state index in [0.29, 0.717) is 47.8 Å². The SMILES string of the molecule is CC[C@H]1C(O)C2C3CCC([C@H](C)CCC(=O)NOCCO)[C@@]3(C)CCC2[C@@]2(C)CC[C@@H](O)C[C@@H]12. The highest BCUT2D eigenvalue weighted by Gasteiger charge is 2.64. The van der Waals surface area contributed by atoms with E-state index in [9.17, 15) is 15.0 Å².